The van der Waals surface area contributed by atoms with Gasteiger partial charge in [-0.3, -0.25) is 0 Å². The van der Waals surface area contributed by atoms with E-state index in [1.165, 1.54) is 19.4 Å². The Morgan fingerprint density at radius 2 is 2.25 bits per heavy atom. The number of aliphatic carboxylic acids is 1. The molecule has 1 aromatic rings. The van der Waals surface area contributed by atoms with Gasteiger partial charge in [-0.15, -0.1) is 0 Å². The maximum Gasteiger partial charge on any atom is 0.331 e. The number of carboxylic acids is 1. The van der Waals surface area contributed by atoms with Gasteiger partial charge < -0.3 is 9.52 Å². The predicted molar refractivity (Wildman–Crippen MR) is 42.4 cm³/mol. The number of carbonyl (C=O) groups is 1. The minimum Gasteiger partial charge on any atom is -0.478 e. The Labute approximate surface area is 69.5 Å². The molecule has 0 unspecified atom stereocenters. The lowest BCUT2D eigenvalue weighted by atomic mass is 10.1. The van der Waals surface area contributed by atoms with Crippen molar-refractivity contribution in [3.8, 4) is 0 Å². The molecule has 0 aliphatic heterocycles. The van der Waals surface area contributed by atoms with Crippen molar-refractivity contribution < 1.29 is 14.3 Å². The summed E-state index contributed by atoms with van der Waals surface area (Å²) in [5.41, 5.74) is 0.796. The molecule has 1 heterocycles. The van der Waals surface area contributed by atoms with Crippen LogP contribution in [0.4, 0.5) is 0 Å². The van der Waals surface area contributed by atoms with Crippen LogP contribution >= 0.6 is 0 Å². The smallest absolute Gasteiger partial charge is 0.331 e. The Bertz CT molecular complexity index is 311. The monoisotopic (exact) mass is 167 g/mol. The lowest BCUT2D eigenvalue weighted by Gasteiger charge is -1.97. The Morgan fingerprint density at radius 1 is 1.58 bits per heavy atom. The second-order valence-electron chi connectivity index (χ2n) is 2.39. The summed E-state index contributed by atoms with van der Waals surface area (Å²) in [6, 6.07) is 0. The number of hydrogen-bond acceptors (Lipinski definition) is 3. The predicted octanol–water partition coefficient (Wildman–Crippen LogP) is 1.55. The van der Waals surface area contributed by atoms with Crippen LogP contribution in [0.15, 0.2) is 22.5 Å². The average Bonchev–Trinajstić information content (AvgIpc) is 2.53. The SMILES string of the molecule is CC(C(=O)O)=C(C)c1ncco1. The number of carboxylic acid groups (broad SMARTS) is 1. The molecule has 0 amide bonds. The highest BCUT2D eigenvalue weighted by Gasteiger charge is 2.09. The van der Waals surface area contributed by atoms with Crippen molar-refractivity contribution in [1.29, 1.82) is 0 Å². The van der Waals surface area contributed by atoms with Crippen molar-refractivity contribution >= 4 is 11.5 Å². The highest BCUT2D eigenvalue weighted by Crippen LogP contribution is 2.15. The number of hydrogen-bond donors (Lipinski definition) is 1. The van der Waals surface area contributed by atoms with Crippen LogP contribution in [-0.4, -0.2) is 16.1 Å². The molecule has 0 fully saturated rings. The zero-order valence-electron chi connectivity index (χ0n) is 6.87. The van der Waals surface area contributed by atoms with E-state index in [-0.39, 0.29) is 5.57 Å². The topological polar surface area (TPSA) is 63.3 Å². The highest BCUT2D eigenvalue weighted by atomic mass is 16.4. The van der Waals surface area contributed by atoms with E-state index in [0.717, 1.165) is 0 Å². The molecule has 0 bridgehead atoms. The van der Waals surface area contributed by atoms with Crippen molar-refractivity contribution in [3.63, 3.8) is 0 Å². The minimum absolute atomic E-state index is 0.248. The molecule has 0 spiro atoms. The van der Waals surface area contributed by atoms with E-state index in [1.54, 1.807) is 6.92 Å². The van der Waals surface area contributed by atoms with Gasteiger partial charge in [-0.1, -0.05) is 0 Å². The van der Waals surface area contributed by atoms with Gasteiger partial charge in [-0.25, -0.2) is 9.78 Å². The van der Waals surface area contributed by atoms with Crippen molar-refractivity contribution in [2.24, 2.45) is 0 Å². The molecule has 0 aliphatic rings. The summed E-state index contributed by atoms with van der Waals surface area (Å²) in [6.07, 6.45) is 2.89. The van der Waals surface area contributed by atoms with E-state index in [0.29, 0.717) is 11.5 Å². The third kappa shape index (κ3) is 1.53. The zero-order chi connectivity index (χ0) is 9.14. The number of aromatic nitrogens is 1. The molecular formula is C8H9NO3. The van der Waals surface area contributed by atoms with Crippen LogP contribution in [0.25, 0.3) is 5.57 Å². The molecule has 1 rings (SSSR count). The summed E-state index contributed by atoms with van der Waals surface area (Å²) in [7, 11) is 0. The largest absolute Gasteiger partial charge is 0.478 e. The maximum absolute atomic E-state index is 10.5. The normalized spacial score (nSPS) is 12.5. The lowest BCUT2D eigenvalue weighted by molar-refractivity contribution is -0.132. The molecule has 4 heteroatoms. The van der Waals surface area contributed by atoms with Crippen molar-refractivity contribution in [2.75, 3.05) is 0 Å². The maximum atomic E-state index is 10.5. The molecule has 0 saturated carbocycles. The second kappa shape index (κ2) is 3.21. The average molecular weight is 167 g/mol. The Balaban J connectivity index is 3.05. The van der Waals surface area contributed by atoms with E-state index < -0.39 is 5.97 Å². The third-order valence-corrected chi connectivity index (χ3v) is 1.64. The molecule has 1 N–H and O–H groups in total. The second-order valence-corrected chi connectivity index (χ2v) is 2.39. The van der Waals surface area contributed by atoms with E-state index in [2.05, 4.69) is 4.98 Å². The molecule has 12 heavy (non-hydrogen) atoms. The van der Waals surface area contributed by atoms with Crippen molar-refractivity contribution in [3.05, 3.63) is 23.9 Å². The van der Waals surface area contributed by atoms with Crippen LogP contribution in [0.2, 0.25) is 0 Å². The summed E-state index contributed by atoms with van der Waals surface area (Å²) < 4.78 is 4.93. The van der Waals surface area contributed by atoms with Gasteiger partial charge in [0, 0.05) is 11.1 Å². The van der Waals surface area contributed by atoms with Crippen LogP contribution < -0.4 is 0 Å². The summed E-state index contributed by atoms with van der Waals surface area (Å²) >= 11 is 0. The van der Waals surface area contributed by atoms with Gasteiger partial charge >= 0.3 is 5.97 Å². The number of allylic oxidation sites excluding steroid dienone is 1. The molecule has 0 aromatic carbocycles. The standard InChI is InChI=1S/C8H9NO3/c1-5(6(2)8(10)11)7-9-3-4-12-7/h3-4H,1-2H3,(H,10,11). The van der Waals surface area contributed by atoms with Gasteiger partial charge in [0.1, 0.15) is 6.26 Å². The van der Waals surface area contributed by atoms with Gasteiger partial charge in [-0.05, 0) is 13.8 Å². The Hall–Kier alpha value is -1.58. The first-order chi connectivity index (χ1) is 5.63. The molecule has 0 atom stereocenters. The highest BCUT2D eigenvalue weighted by molar-refractivity contribution is 5.94. The van der Waals surface area contributed by atoms with Crippen LogP contribution in [0.5, 0.6) is 0 Å². The fraction of sp³-hybridized carbons (Fsp3) is 0.250. The molecule has 0 radical (unpaired) electrons. The lowest BCUT2D eigenvalue weighted by Crippen LogP contribution is -1.99. The fourth-order valence-corrected chi connectivity index (χ4v) is 0.729. The van der Waals surface area contributed by atoms with E-state index in [1.807, 2.05) is 0 Å². The number of nitrogens with zero attached hydrogens (tertiary/aromatic N) is 1. The fourth-order valence-electron chi connectivity index (χ4n) is 0.729. The molecule has 0 aliphatic carbocycles. The Kier molecular flexibility index (Phi) is 2.28. The van der Waals surface area contributed by atoms with Gasteiger partial charge in [0.25, 0.3) is 0 Å². The van der Waals surface area contributed by atoms with E-state index >= 15 is 0 Å². The van der Waals surface area contributed by atoms with Crippen molar-refractivity contribution in [2.45, 2.75) is 13.8 Å². The minimum atomic E-state index is -0.953. The molecule has 1 aromatic heterocycles. The first kappa shape index (κ1) is 8.52. The van der Waals surface area contributed by atoms with Gasteiger partial charge in [0.2, 0.25) is 5.89 Å². The molecule has 4 nitrogen and oxygen atoms in total. The quantitative estimate of drug-likeness (QED) is 0.679. The molecule has 64 valence electrons. The van der Waals surface area contributed by atoms with E-state index in [4.69, 9.17) is 9.52 Å². The van der Waals surface area contributed by atoms with E-state index in [9.17, 15) is 4.79 Å². The summed E-state index contributed by atoms with van der Waals surface area (Å²) in [5, 5.41) is 8.62. The summed E-state index contributed by atoms with van der Waals surface area (Å²) in [4.78, 5) is 14.3. The van der Waals surface area contributed by atoms with Crippen LogP contribution in [0.1, 0.15) is 19.7 Å². The van der Waals surface area contributed by atoms with Gasteiger partial charge in [0.05, 0.1) is 6.20 Å². The van der Waals surface area contributed by atoms with Gasteiger partial charge in [-0.2, -0.15) is 0 Å². The van der Waals surface area contributed by atoms with Crippen LogP contribution in [0, 0.1) is 0 Å². The molecular weight excluding hydrogens is 158 g/mol. The van der Waals surface area contributed by atoms with Crippen LogP contribution in [-0.2, 0) is 4.79 Å². The van der Waals surface area contributed by atoms with Crippen molar-refractivity contribution in [1.82, 2.24) is 4.98 Å². The zero-order valence-corrected chi connectivity index (χ0v) is 6.87. The first-order valence-electron chi connectivity index (χ1n) is 3.43. The summed E-state index contributed by atoms with van der Waals surface area (Å²) in [5.74, 6) is -0.597. The number of oxazole rings is 1. The molecule has 0 saturated heterocycles. The first-order valence-corrected chi connectivity index (χ1v) is 3.43. The van der Waals surface area contributed by atoms with Crippen LogP contribution in [0.3, 0.4) is 0 Å². The Morgan fingerprint density at radius 3 is 2.67 bits per heavy atom. The third-order valence-electron chi connectivity index (χ3n) is 1.64. The number of rotatable bonds is 2. The van der Waals surface area contributed by atoms with Gasteiger partial charge in [0.15, 0.2) is 0 Å². The summed E-state index contributed by atoms with van der Waals surface area (Å²) in [6.45, 7) is 3.18.